The molecule has 0 fully saturated rings. The van der Waals surface area contributed by atoms with Gasteiger partial charge in [-0.05, 0) is 51.0 Å². The molecule has 1 aliphatic rings. The molecule has 4 rings (SSSR count). The number of thioether (sulfide) groups is 1. The van der Waals surface area contributed by atoms with Gasteiger partial charge in [0.25, 0.3) is 10.0 Å². The number of aromatic nitrogens is 2. The molecule has 0 unspecified atom stereocenters. The van der Waals surface area contributed by atoms with Gasteiger partial charge in [0.15, 0.2) is 5.16 Å². The number of nitrogens with zero attached hydrogens (tertiary/aromatic N) is 3. The van der Waals surface area contributed by atoms with Gasteiger partial charge in [0.2, 0.25) is 5.91 Å². The maximum Gasteiger partial charge on any atom is 0.267 e. The quantitative estimate of drug-likeness (QED) is 0.455. The second-order valence-electron chi connectivity index (χ2n) is 7.97. The summed E-state index contributed by atoms with van der Waals surface area (Å²) >= 11 is 1.17. The fourth-order valence-electron chi connectivity index (χ4n) is 3.88. The van der Waals surface area contributed by atoms with E-state index < -0.39 is 10.0 Å². The summed E-state index contributed by atoms with van der Waals surface area (Å²) in [7, 11) is -2.21. The van der Waals surface area contributed by atoms with Crippen LogP contribution in [0.4, 0.5) is 11.4 Å². The number of rotatable bonds is 4. The Labute approximate surface area is 192 Å². The van der Waals surface area contributed by atoms with Crippen molar-refractivity contribution < 1.29 is 13.2 Å². The first kappa shape index (κ1) is 22.3. The average molecular weight is 469 g/mol. The van der Waals surface area contributed by atoms with Crippen molar-refractivity contribution in [3.05, 3.63) is 58.8 Å². The minimum Gasteiger partial charge on any atom is -0.325 e. The Bertz CT molecular complexity index is 1330. The molecule has 0 saturated heterocycles. The van der Waals surface area contributed by atoms with Crippen molar-refractivity contribution in [1.82, 2.24) is 9.97 Å². The molecule has 0 bridgehead atoms. The summed E-state index contributed by atoms with van der Waals surface area (Å²) in [6.45, 7) is 7.89. The average Bonchev–Trinajstić information content (AvgIpc) is 2.73. The first-order chi connectivity index (χ1) is 15.1. The second kappa shape index (κ2) is 8.22. The Morgan fingerprint density at radius 1 is 1.06 bits per heavy atom. The van der Waals surface area contributed by atoms with Crippen LogP contribution in [-0.4, -0.2) is 37.1 Å². The zero-order chi connectivity index (χ0) is 23.2. The summed E-state index contributed by atoms with van der Waals surface area (Å²) in [6, 6.07) is 9.61. The molecular formula is C23H24N4O3S2. The Balaban J connectivity index is 1.59. The van der Waals surface area contributed by atoms with Crippen LogP contribution in [0.2, 0.25) is 0 Å². The predicted octanol–water partition coefficient (Wildman–Crippen LogP) is 4.25. The van der Waals surface area contributed by atoms with E-state index in [1.54, 1.807) is 6.07 Å². The van der Waals surface area contributed by atoms with E-state index in [-0.39, 0.29) is 16.6 Å². The lowest BCUT2D eigenvalue weighted by Crippen LogP contribution is -2.31. The van der Waals surface area contributed by atoms with Crippen LogP contribution in [0.5, 0.6) is 0 Å². The minimum absolute atomic E-state index is 0.0674. The lowest BCUT2D eigenvalue weighted by Gasteiger charge is -2.28. The molecule has 0 radical (unpaired) electrons. The molecule has 0 saturated carbocycles. The normalized spacial score (nSPS) is 14.0. The number of aryl methyl sites for hydroxylation is 4. The first-order valence-corrected chi connectivity index (χ1v) is 12.5. The van der Waals surface area contributed by atoms with E-state index >= 15 is 0 Å². The Morgan fingerprint density at radius 2 is 1.75 bits per heavy atom. The van der Waals surface area contributed by atoms with Gasteiger partial charge in [-0.2, -0.15) is 0 Å². The van der Waals surface area contributed by atoms with Crippen molar-refractivity contribution in [3.63, 3.8) is 0 Å². The molecule has 166 valence electrons. The summed E-state index contributed by atoms with van der Waals surface area (Å²) in [5.74, 6) is -0.0613. The van der Waals surface area contributed by atoms with Gasteiger partial charge in [-0.1, -0.05) is 41.1 Å². The number of nitrogens with one attached hydrogen (secondary N) is 1. The minimum atomic E-state index is -3.73. The van der Waals surface area contributed by atoms with E-state index in [1.807, 2.05) is 52.0 Å². The van der Waals surface area contributed by atoms with Gasteiger partial charge in [-0.3, -0.25) is 9.10 Å². The number of hydrogen-bond donors (Lipinski definition) is 1. The van der Waals surface area contributed by atoms with Crippen LogP contribution in [0.15, 0.2) is 46.6 Å². The summed E-state index contributed by atoms with van der Waals surface area (Å²) in [5.41, 5.74) is 6.64. The molecule has 3 aromatic rings. The van der Waals surface area contributed by atoms with Crippen molar-refractivity contribution in [2.75, 3.05) is 22.4 Å². The highest BCUT2D eigenvalue weighted by Crippen LogP contribution is 2.41. The number of fused-ring (bicyclic) bond motifs is 3. The van der Waals surface area contributed by atoms with E-state index in [9.17, 15) is 13.2 Å². The molecular weight excluding hydrogens is 444 g/mol. The number of sulfonamides is 1. The molecule has 7 nitrogen and oxygen atoms in total. The van der Waals surface area contributed by atoms with Crippen molar-refractivity contribution >= 4 is 39.1 Å². The number of hydrogen-bond acceptors (Lipinski definition) is 6. The highest BCUT2D eigenvalue weighted by Gasteiger charge is 2.34. The van der Waals surface area contributed by atoms with Gasteiger partial charge in [-0.15, -0.1) is 0 Å². The molecule has 1 amide bonds. The lowest BCUT2D eigenvalue weighted by molar-refractivity contribution is -0.113. The lowest BCUT2D eigenvalue weighted by atomic mass is 10.1. The van der Waals surface area contributed by atoms with Crippen molar-refractivity contribution in [2.45, 2.75) is 37.7 Å². The van der Waals surface area contributed by atoms with Gasteiger partial charge >= 0.3 is 0 Å². The SMILES string of the molecule is Cc1cc(C)c(NC(=O)CSc2ncc3c(n2)-c2cc(C)ccc2N(C)S3(=O)=O)c(C)c1. The van der Waals surface area contributed by atoms with Gasteiger partial charge < -0.3 is 5.32 Å². The maximum absolute atomic E-state index is 12.9. The van der Waals surface area contributed by atoms with Crippen LogP contribution in [0.3, 0.4) is 0 Å². The van der Waals surface area contributed by atoms with Crippen LogP contribution in [0.25, 0.3) is 11.3 Å². The third-order valence-electron chi connectivity index (χ3n) is 5.39. The molecule has 1 N–H and O–H groups in total. The standard InChI is InChI=1S/C23H24N4O3S2/c1-13-6-7-18-17(10-13)22-19(32(29,30)27(18)5)11-24-23(26-22)31-12-20(28)25-21-15(3)8-14(2)9-16(21)4/h6-11H,12H2,1-5H3,(H,25,28). The number of carbonyl (C=O) groups is 1. The Kier molecular flexibility index (Phi) is 5.72. The van der Waals surface area contributed by atoms with Crippen molar-refractivity contribution in [3.8, 4) is 11.3 Å². The fourth-order valence-corrected chi connectivity index (χ4v) is 5.79. The predicted molar refractivity (Wildman–Crippen MR) is 128 cm³/mol. The molecule has 2 heterocycles. The summed E-state index contributed by atoms with van der Waals surface area (Å²) in [5, 5.41) is 3.31. The van der Waals surface area contributed by atoms with Crippen LogP contribution in [0, 0.1) is 27.7 Å². The van der Waals surface area contributed by atoms with Crippen molar-refractivity contribution in [1.29, 1.82) is 0 Å². The first-order valence-electron chi connectivity index (χ1n) is 10.1. The van der Waals surface area contributed by atoms with Crippen LogP contribution in [0.1, 0.15) is 22.3 Å². The molecule has 0 spiro atoms. The molecule has 9 heteroatoms. The largest absolute Gasteiger partial charge is 0.325 e. The van der Waals surface area contributed by atoms with E-state index in [2.05, 4.69) is 15.3 Å². The van der Waals surface area contributed by atoms with Gasteiger partial charge in [0, 0.05) is 18.3 Å². The van der Waals surface area contributed by atoms with Crippen LogP contribution >= 0.6 is 11.8 Å². The molecule has 1 aliphatic heterocycles. The molecule has 0 atom stereocenters. The third kappa shape index (κ3) is 3.98. The molecule has 0 aliphatic carbocycles. The smallest absolute Gasteiger partial charge is 0.267 e. The fraction of sp³-hybridized carbons (Fsp3) is 0.261. The maximum atomic E-state index is 12.9. The Morgan fingerprint density at radius 3 is 2.44 bits per heavy atom. The second-order valence-corrected chi connectivity index (χ2v) is 10.8. The highest BCUT2D eigenvalue weighted by atomic mass is 32.2. The number of benzene rings is 2. The summed E-state index contributed by atoms with van der Waals surface area (Å²) in [6.07, 6.45) is 1.33. The summed E-state index contributed by atoms with van der Waals surface area (Å²) < 4.78 is 27.0. The van der Waals surface area contributed by atoms with Crippen molar-refractivity contribution in [2.24, 2.45) is 0 Å². The topological polar surface area (TPSA) is 92.3 Å². The van der Waals surface area contributed by atoms with Crippen LogP contribution in [-0.2, 0) is 14.8 Å². The number of amides is 1. The van der Waals surface area contributed by atoms with E-state index in [0.717, 1.165) is 33.5 Å². The third-order valence-corrected chi connectivity index (χ3v) is 8.03. The number of carbonyl (C=O) groups excluding carboxylic acids is 1. The zero-order valence-electron chi connectivity index (χ0n) is 18.6. The molecule has 1 aromatic heterocycles. The molecule has 2 aromatic carbocycles. The Hall–Kier alpha value is -2.91. The van der Waals surface area contributed by atoms with E-state index in [1.165, 1.54) is 29.3 Å². The summed E-state index contributed by atoms with van der Waals surface area (Å²) in [4.78, 5) is 21.4. The van der Waals surface area contributed by atoms with Gasteiger partial charge in [-0.25, -0.2) is 18.4 Å². The van der Waals surface area contributed by atoms with Crippen LogP contribution < -0.4 is 9.62 Å². The monoisotopic (exact) mass is 468 g/mol. The number of anilines is 2. The van der Waals surface area contributed by atoms with Gasteiger partial charge in [0.05, 0.1) is 23.3 Å². The van der Waals surface area contributed by atoms with E-state index in [0.29, 0.717) is 16.5 Å². The highest BCUT2D eigenvalue weighted by molar-refractivity contribution is 7.99. The molecule has 32 heavy (non-hydrogen) atoms. The van der Waals surface area contributed by atoms with E-state index in [4.69, 9.17) is 0 Å². The van der Waals surface area contributed by atoms with Gasteiger partial charge in [0.1, 0.15) is 4.90 Å². The zero-order valence-corrected chi connectivity index (χ0v) is 20.2.